The fraction of sp³-hybridized carbons (Fsp3) is 0.417. The van der Waals surface area contributed by atoms with Gasteiger partial charge < -0.3 is 5.32 Å². The third-order valence-corrected chi connectivity index (χ3v) is 2.61. The number of hydrogen-bond donors (Lipinski definition) is 2. The van der Waals surface area contributed by atoms with Crippen molar-refractivity contribution in [2.45, 2.75) is 18.9 Å². The van der Waals surface area contributed by atoms with E-state index in [4.69, 9.17) is 4.84 Å². The van der Waals surface area contributed by atoms with Crippen molar-refractivity contribution >= 4 is 5.91 Å². The molecule has 1 fully saturated rings. The van der Waals surface area contributed by atoms with Crippen molar-refractivity contribution in [3.8, 4) is 0 Å². The van der Waals surface area contributed by atoms with E-state index >= 15 is 0 Å². The van der Waals surface area contributed by atoms with Crippen LogP contribution < -0.4 is 10.8 Å². The number of amides is 1. The second-order valence-corrected chi connectivity index (χ2v) is 4.06. The number of carbonyl (C=O) groups is 1. The SMILES string of the molecule is O=C(Cc1cccc(F)c1)NOC1CCNC1. The molecular weight excluding hydrogens is 223 g/mol. The van der Waals surface area contributed by atoms with Crippen molar-refractivity contribution in [1.82, 2.24) is 10.8 Å². The normalized spacial score (nSPS) is 19.2. The largest absolute Gasteiger partial charge is 0.314 e. The lowest BCUT2D eigenvalue weighted by molar-refractivity contribution is -0.136. The maximum Gasteiger partial charge on any atom is 0.247 e. The second kappa shape index (κ2) is 5.75. The van der Waals surface area contributed by atoms with Gasteiger partial charge in [-0.05, 0) is 30.7 Å². The Bertz CT molecular complexity index is 392. The van der Waals surface area contributed by atoms with Gasteiger partial charge in [0.1, 0.15) is 5.82 Å². The van der Waals surface area contributed by atoms with Crippen LogP contribution in [-0.2, 0) is 16.1 Å². The van der Waals surface area contributed by atoms with Gasteiger partial charge in [0.25, 0.3) is 0 Å². The minimum Gasteiger partial charge on any atom is -0.314 e. The molecule has 0 saturated carbocycles. The summed E-state index contributed by atoms with van der Waals surface area (Å²) in [6.45, 7) is 1.66. The Balaban J connectivity index is 1.76. The van der Waals surface area contributed by atoms with Crippen LogP contribution in [0.5, 0.6) is 0 Å². The average Bonchev–Trinajstić information content (AvgIpc) is 2.79. The number of hydrogen-bond acceptors (Lipinski definition) is 3. The van der Waals surface area contributed by atoms with Crippen molar-refractivity contribution in [2.75, 3.05) is 13.1 Å². The number of carbonyl (C=O) groups excluding carboxylic acids is 1. The van der Waals surface area contributed by atoms with Crippen LogP contribution >= 0.6 is 0 Å². The zero-order valence-corrected chi connectivity index (χ0v) is 9.41. The lowest BCUT2D eigenvalue weighted by atomic mass is 10.1. The molecule has 0 radical (unpaired) electrons. The van der Waals surface area contributed by atoms with Gasteiger partial charge in [0.05, 0.1) is 12.5 Å². The second-order valence-electron chi connectivity index (χ2n) is 4.06. The molecule has 1 aromatic carbocycles. The minimum atomic E-state index is -0.337. The molecule has 0 spiro atoms. The Morgan fingerprint density at radius 3 is 3.18 bits per heavy atom. The molecule has 1 heterocycles. The Labute approximate surface area is 99.1 Å². The molecule has 0 aliphatic carbocycles. The molecule has 5 heteroatoms. The van der Waals surface area contributed by atoms with Gasteiger partial charge in [0, 0.05) is 6.54 Å². The van der Waals surface area contributed by atoms with E-state index < -0.39 is 0 Å². The lowest BCUT2D eigenvalue weighted by Crippen LogP contribution is -2.31. The summed E-state index contributed by atoms with van der Waals surface area (Å²) >= 11 is 0. The Morgan fingerprint density at radius 2 is 2.47 bits per heavy atom. The monoisotopic (exact) mass is 238 g/mol. The van der Waals surface area contributed by atoms with E-state index in [9.17, 15) is 9.18 Å². The number of halogens is 1. The molecule has 1 saturated heterocycles. The number of rotatable bonds is 4. The zero-order chi connectivity index (χ0) is 12.1. The van der Waals surface area contributed by atoms with Crippen LogP contribution in [0.4, 0.5) is 4.39 Å². The van der Waals surface area contributed by atoms with Crippen molar-refractivity contribution in [2.24, 2.45) is 0 Å². The molecule has 1 aliphatic rings. The molecule has 1 atom stereocenters. The molecule has 1 unspecified atom stereocenters. The van der Waals surface area contributed by atoms with Gasteiger partial charge in [-0.15, -0.1) is 0 Å². The maximum absolute atomic E-state index is 12.9. The Hall–Kier alpha value is -1.46. The van der Waals surface area contributed by atoms with E-state index in [0.717, 1.165) is 19.5 Å². The maximum atomic E-state index is 12.9. The molecule has 92 valence electrons. The quantitative estimate of drug-likeness (QED) is 0.762. The van der Waals surface area contributed by atoms with Crippen LogP contribution in [0.25, 0.3) is 0 Å². The van der Waals surface area contributed by atoms with Crippen molar-refractivity contribution in [3.05, 3.63) is 35.6 Å². The molecule has 17 heavy (non-hydrogen) atoms. The van der Waals surface area contributed by atoms with Crippen LogP contribution in [0.1, 0.15) is 12.0 Å². The lowest BCUT2D eigenvalue weighted by Gasteiger charge is -2.10. The van der Waals surface area contributed by atoms with E-state index in [1.54, 1.807) is 12.1 Å². The van der Waals surface area contributed by atoms with Gasteiger partial charge in [0.2, 0.25) is 5.91 Å². The third kappa shape index (κ3) is 3.80. The third-order valence-electron chi connectivity index (χ3n) is 2.61. The molecule has 1 amide bonds. The molecule has 2 rings (SSSR count). The van der Waals surface area contributed by atoms with Gasteiger partial charge in [-0.1, -0.05) is 12.1 Å². The van der Waals surface area contributed by atoms with Crippen LogP contribution in [-0.4, -0.2) is 25.1 Å². The fourth-order valence-corrected chi connectivity index (χ4v) is 1.75. The van der Waals surface area contributed by atoms with Gasteiger partial charge in [-0.25, -0.2) is 9.87 Å². The number of benzene rings is 1. The minimum absolute atomic E-state index is 0.0338. The van der Waals surface area contributed by atoms with E-state index in [2.05, 4.69) is 10.8 Å². The fourth-order valence-electron chi connectivity index (χ4n) is 1.75. The molecule has 0 aromatic heterocycles. The highest BCUT2D eigenvalue weighted by molar-refractivity contribution is 5.77. The highest BCUT2D eigenvalue weighted by Gasteiger charge is 2.16. The summed E-state index contributed by atoms with van der Waals surface area (Å²) in [5.41, 5.74) is 3.03. The topological polar surface area (TPSA) is 50.4 Å². The molecule has 1 aliphatic heterocycles. The van der Waals surface area contributed by atoms with Gasteiger partial charge >= 0.3 is 0 Å². The summed E-state index contributed by atoms with van der Waals surface area (Å²) in [5.74, 6) is -0.598. The Kier molecular flexibility index (Phi) is 4.06. The van der Waals surface area contributed by atoms with E-state index in [1.165, 1.54) is 12.1 Å². The summed E-state index contributed by atoms with van der Waals surface area (Å²) in [6.07, 6.45) is 1.05. The highest BCUT2D eigenvalue weighted by atomic mass is 19.1. The van der Waals surface area contributed by atoms with Crippen molar-refractivity contribution in [3.63, 3.8) is 0 Å². The smallest absolute Gasteiger partial charge is 0.247 e. The summed E-state index contributed by atoms with van der Waals surface area (Å²) in [7, 11) is 0. The van der Waals surface area contributed by atoms with Crippen molar-refractivity contribution in [1.29, 1.82) is 0 Å². The predicted octanol–water partition coefficient (Wildman–Crippen LogP) is 0.778. The summed E-state index contributed by atoms with van der Waals surface area (Å²) in [5, 5.41) is 3.13. The first-order chi connectivity index (χ1) is 8.24. The van der Waals surface area contributed by atoms with E-state index in [0.29, 0.717) is 5.56 Å². The zero-order valence-electron chi connectivity index (χ0n) is 9.41. The number of hydroxylamine groups is 1. The first kappa shape index (κ1) is 12.0. The van der Waals surface area contributed by atoms with Crippen LogP contribution in [0, 0.1) is 5.82 Å². The number of nitrogens with one attached hydrogen (secondary N) is 2. The van der Waals surface area contributed by atoms with Crippen LogP contribution in [0.3, 0.4) is 0 Å². The summed E-state index contributed by atoms with van der Waals surface area (Å²) in [4.78, 5) is 16.7. The Morgan fingerprint density at radius 1 is 1.59 bits per heavy atom. The van der Waals surface area contributed by atoms with E-state index in [-0.39, 0.29) is 24.2 Å². The first-order valence-corrected chi connectivity index (χ1v) is 5.64. The highest BCUT2D eigenvalue weighted by Crippen LogP contribution is 2.05. The molecular formula is C12H15FN2O2. The average molecular weight is 238 g/mol. The van der Waals surface area contributed by atoms with E-state index in [1.807, 2.05) is 0 Å². The molecule has 1 aromatic rings. The van der Waals surface area contributed by atoms with Gasteiger partial charge in [0.15, 0.2) is 0 Å². The van der Waals surface area contributed by atoms with Crippen LogP contribution in [0.2, 0.25) is 0 Å². The van der Waals surface area contributed by atoms with Gasteiger partial charge in [-0.3, -0.25) is 9.63 Å². The van der Waals surface area contributed by atoms with Crippen LogP contribution in [0.15, 0.2) is 24.3 Å². The summed E-state index contributed by atoms with van der Waals surface area (Å²) in [6, 6.07) is 5.98. The molecule has 0 bridgehead atoms. The molecule has 2 N–H and O–H groups in total. The molecule has 4 nitrogen and oxygen atoms in total. The summed E-state index contributed by atoms with van der Waals surface area (Å²) < 4.78 is 12.9. The van der Waals surface area contributed by atoms with Gasteiger partial charge in [-0.2, -0.15) is 0 Å². The standard InChI is InChI=1S/C12H15FN2O2/c13-10-3-1-2-9(6-10)7-12(16)15-17-11-4-5-14-8-11/h1-3,6,11,14H,4-5,7-8H2,(H,15,16). The van der Waals surface area contributed by atoms with Crippen molar-refractivity contribution < 1.29 is 14.0 Å². The first-order valence-electron chi connectivity index (χ1n) is 5.64. The predicted molar refractivity (Wildman–Crippen MR) is 60.6 cm³/mol.